The molecule has 0 heterocycles. The van der Waals surface area contributed by atoms with E-state index in [4.69, 9.17) is 11.6 Å². The van der Waals surface area contributed by atoms with E-state index in [1.807, 2.05) is 13.8 Å². The molecule has 0 aromatic carbocycles. The average molecular weight is 150 g/mol. The van der Waals surface area contributed by atoms with Crippen LogP contribution in [0.4, 0.5) is 0 Å². The molecule has 54 valence electrons. The molecule has 0 aromatic heterocycles. The molecule has 0 fully saturated rings. The SMILES string of the molecule is CC(Cl)CC(C)CN=O. The fourth-order valence-corrected chi connectivity index (χ4v) is 1.06. The van der Waals surface area contributed by atoms with Gasteiger partial charge >= 0.3 is 0 Å². The van der Waals surface area contributed by atoms with E-state index in [1.165, 1.54) is 0 Å². The quantitative estimate of drug-likeness (QED) is 0.446. The lowest BCUT2D eigenvalue weighted by atomic mass is 10.1. The van der Waals surface area contributed by atoms with Crippen LogP contribution in [0.25, 0.3) is 0 Å². The van der Waals surface area contributed by atoms with Gasteiger partial charge in [0.25, 0.3) is 0 Å². The van der Waals surface area contributed by atoms with Crippen LogP contribution in [0, 0.1) is 10.8 Å². The number of halogens is 1. The molecule has 0 saturated carbocycles. The van der Waals surface area contributed by atoms with E-state index in [0.717, 1.165) is 6.42 Å². The number of hydrogen-bond acceptors (Lipinski definition) is 2. The smallest absolute Gasteiger partial charge is 0.0837 e. The van der Waals surface area contributed by atoms with E-state index < -0.39 is 0 Å². The van der Waals surface area contributed by atoms with Crippen molar-refractivity contribution in [3.63, 3.8) is 0 Å². The van der Waals surface area contributed by atoms with Gasteiger partial charge in [0.2, 0.25) is 0 Å². The second-order valence-corrected chi connectivity index (χ2v) is 3.18. The van der Waals surface area contributed by atoms with Crippen molar-refractivity contribution in [1.82, 2.24) is 0 Å². The largest absolute Gasteiger partial charge is 0.151 e. The van der Waals surface area contributed by atoms with Crippen LogP contribution in [0.3, 0.4) is 0 Å². The van der Waals surface area contributed by atoms with E-state index in [9.17, 15) is 4.91 Å². The van der Waals surface area contributed by atoms with Gasteiger partial charge in [-0.1, -0.05) is 12.1 Å². The van der Waals surface area contributed by atoms with Gasteiger partial charge in [-0.05, 0) is 19.3 Å². The molecule has 2 atom stereocenters. The Labute approximate surface area is 60.6 Å². The molecule has 0 N–H and O–H groups in total. The van der Waals surface area contributed by atoms with Gasteiger partial charge in [0, 0.05) is 5.38 Å². The van der Waals surface area contributed by atoms with Crippen molar-refractivity contribution in [2.24, 2.45) is 11.1 Å². The molecule has 0 saturated heterocycles. The van der Waals surface area contributed by atoms with Crippen molar-refractivity contribution >= 4 is 11.6 Å². The Morgan fingerprint density at radius 1 is 1.56 bits per heavy atom. The monoisotopic (exact) mass is 149 g/mol. The molecule has 0 bridgehead atoms. The van der Waals surface area contributed by atoms with Gasteiger partial charge < -0.3 is 0 Å². The van der Waals surface area contributed by atoms with E-state index in [2.05, 4.69) is 5.18 Å². The summed E-state index contributed by atoms with van der Waals surface area (Å²) in [5.41, 5.74) is 0. The molecule has 2 nitrogen and oxygen atoms in total. The number of rotatable bonds is 4. The highest BCUT2D eigenvalue weighted by Crippen LogP contribution is 2.10. The summed E-state index contributed by atoms with van der Waals surface area (Å²) >= 11 is 5.66. The van der Waals surface area contributed by atoms with E-state index in [0.29, 0.717) is 12.5 Å². The number of nitrogens with zero attached hydrogens (tertiary/aromatic N) is 1. The highest BCUT2D eigenvalue weighted by molar-refractivity contribution is 6.20. The van der Waals surface area contributed by atoms with E-state index in [-0.39, 0.29) is 5.38 Å². The molecule has 2 unspecified atom stereocenters. The first-order valence-electron chi connectivity index (χ1n) is 3.10. The van der Waals surface area contributed by atoms with Gasteiger partial charge in [-0.3, -0.25) is 0 Å². The minimum Gasteiger partial charge on any atom is -0.151 e. The Kier molecular flexibility index (Phi) is 4.68. The summed E-state index contributed by atoms with van der Waals surface area (Å²) in [4.78, 5) is 9.70. The number of hydrogen-bond donors (Lipinski definition) is 0. The Bertz CT molecular complexity index is 85.1. The molecule has 0 radical (unpaired) electrons. The molecular formula is C6H12ClNO. The van der Waals surface area contributed by atoms with E-state index >= 15 is 0 Å². The topological polar surface area (TPSA) is 29.4 Å². The Morgan fingerprint density at radius 3 is 2.44 bits per heavy atom. The molecule has 0 spiro atoms. The van der Waals surface area contributed by atoms with Crippen LogP contribution >= 0.6 is 11.6 Å². The van der Waals surface area contributed by atoms with Gasteiger partial charge in [-0.15, -0.1) is 11.6 Å². The van der Waals surface area contributed by atoms with Crippen molar-refractivity contribution < 1.29 is 0 Å². The second kappa shape index (κ2) is 4.74. The van der Waals surface area contributed by atoms with Crippen molar-refractivity contribution in [3.05, 3.63) is 4.91 Å². The molecule has 0 aliphatic rings. The van der Waals surface area contributed by atoms with Crippen molar-refractivity contribution in [2.45, 2.75) is 25.6 Å². The predicted molar refractivity (Wildman–Crippen MR) is 39.8 cm³/mol. The number of alkyl halides is 1. The van der Waals surface area contributed by atoms with Crippen molar-refractivity contribution in [3.8, 4) is 0 Å². The van der Waals surface area contributed by atoms with Crippen LogP contribution in [0.5, 0.6) is 0 Å². The third kappa shape index (κ3) is 5.77. The van der Waals surface area contributed by atoms with E-state index in [1.54, 1.807) is 0 Å². The maximum Gasteiger partial charge on any atom is 0.0837 e. The molecule has 3 heteroatoms. The molecule has 0 aromatic rings. The van der Waals surface area contributed by atoms with Gasteiger partial charge in [-0.25, -0.2) is 0 Å². The maximum absolute atomic E-state index is 9.70. The summed E-state index contributed by atoms with van der Waals surface area (Å²) in [7, 11) is 0. The fourth-order valence-electron chi connectivity index (χ4n) is 0.756. The van der Waals surface area contributed by atoms with Crippen LogP contribution < -0.4 is 0 Å². The summed E-state index contributed by atoms with van der Waals surface area (Å²) in [6, 6.07) is 0. The molecule has 0 rings (SSSR count). The lowest BCUT2D eigenvalue weighted by Gasteiger charge is -2.06. The van der Waals surface area contributed by atoms with Crippen LogP contribution in [0.2, 0.25) is 0 Å². The molecule has 0 aliphatic carbocycles. The Balaban J connectivity index is 3.25. The summed E-state index contributed by atoms with van der Waals surface area (Å²) in [5.74, 6) is 0.329. The number of nitroso groups, excluding NO2 is 1. The zero-order valence-electron chi connectivity index (χ0n) is 5.80. The summed E-state index contributed by atoms with van der Waals surface area (Å²) in [5, 5.41) is 2.93. The van der Waals surface area contributed by atoms with Gasteiger partial charge in [-0.2, -0.15) is 4.91 Å². The second-order valence-electron chi connectivity index (χ2n) is 2.43. The third-order valence-corrected chi connectivity index (χ3v) is 1.29. The molecule has 0 aliphatic heterocycles. The standard InChI is InChI=1S/C6H12ClNO/c1-5(4-8-9)3-6(2)7/h5-6H,3-4H2,1-2H3. The zero-order chi connectivity index (χ0) is 7.28. The Hall–Kier alpha value is -0.110. The fraction of sp³-hybridized carbons (Fsp3) is 1.00. The lowest BCUT2D eigenvalue weighted by molar-refractivity contribution is 0.540. The predicted octanol–water partition coefficient (Wildman–Crippen LogP) is 2.41. The highest BCUT2D eigenvalue weighted by atomic mass is 35.5. The van der Waals surface area contributed by atoms with Gasteiger partial charge in [0.05, 0.1) is 6.54 Å². The third-order valence-electron chi connectivity index (χ3n) is 1.11. The van der Waals surface area contributed by atoms with Crippen LogP contribution in [0.15, 0.2) is 5.18 Å². The summed E-state index contributed by atoms with van der Waals surface area (Å²) in [6.07, 6.45) is 0.868. The Morgan fingerprint density at radius 2 is 2.11 bits per heavy atom. The van der Waals surface area contributed by atoms with Crippen LogP contribution in [0.1, 0.15) is 20.3 Å². The first-order valence-corrected chi connectivity index (χ1v) is 3.53. The van der Waals surface area contributed by atoms with Crippen molar-refractivity contribution in [1.29, 1.82) is 0 Å². The minimum absolute atomic E-state index is 0.154. The zero-order valence-corrected chi connectivity index (χ0v) is 6.56. The lowest BCUT2D eigenvalue weighted by Crippen LogP contribution is -2.04. The summed E-state index contributed by atoms with van der Waals surface area (Å²) < 4.78 is 0. The maximum atomic E-state index is 9.70. The van der Waals surface area contributed by atoms with Crippen LogP contribution in [-0.4, -0.2) is 11.9 Å². The van der Waals surface area contributed by atoms with Crippen LogP contribution in [-0.2, 0) is 0 Å². The van der Waals surface area contributed by atoms with Gasteiger partial charge in [0.15, 0.2) is 0 Å². The molecule has 0 amide bonds. The minimum atomic E-state index is 0.154. The molecule has 9 heavy (non-hydrogen) atoms. The first kappa shape index (κ1) is 8.89. The highest BCUT2D eigenvalue weighted by Gasteiger charge is 2.04. The van der Waals surface area contributed by atoms with Crippen molar-refractivity contribution in [2.75, 3.05) is 6.54 Å². The average Bonchev–Trinajstić information content (AvgIpc) is 1.63. The normalized spacial score (nSPS) is 16.8. The first-order chi connectivity index (χ1) is 4.16. The molecular weight excluding hydrogens is 138 g/mol. The van der Waals surface area contributed by atoms with Gasteiger partial charge in [0.1, 0.15) is 0 Å². The summed E-state index contributed by atoms with van der Waals surface area (Å²) in [6.45, 7) is 4.28.